The second-order valence-electron chi connectivity index (χ2n) is 13.3. The number of benzene rings is 3. The van der Waals surface area contributed by atoms with Crippen molar-refractivity contribution >= 4 is 19.8 Å². The molecule has 1 unspecified atom stereocenters. The van der Waals surface area contributed by atoms with Crippen molar-refractivity contribution < 1.29 is 37.6 Å². The van der Waals surface area contributed by atoms with Crippen LogP contribution in [0.4, 0.5) is 0 Å². The Balaban J connectivity index is 1.41. The van der Waals surface area contributed by atoms with Gasteiger partial charge in [-0.15, -0.1) is 0 Å². The van der Waals surface area contributed by atoms with Gasteiger partial charge in [0.25, 0.3) is 0 Å². The summed E-state index contributed by atoms with van der Waals surface area (Å²) in [5.74, 6) is -1.04. The first kappa shape index (κ1) is 43.1. The van der Waals surface area contributed by atoms with Gasteiger partial charge in [-0.3, -0.25) is 24.0 Å². The number of phosphoric ester groups is 1. The Bertz CT molecular complexity index is 1340. The van der Waals surface area contributed by atoms with E-state index in [1.165, 1.54) is 71.1 Å². The first-order valence-corrected chi connectivity index (χ1v) is 20.6. The molecule has 0 amide bonds. The van der Waals surface area contributed by atoms with E-state index < -0.39 is 38.0 Å². The zero-order valence-electron chi connectivity index (χ0n) is 31.2. The predicted molar refractivity (Wildman–Crippen MR) is 206 cm³/mol. The number of ether oxygens (including phenoxy) is 2. The van der Waals surface area contributed by atoms with Crippen LogP contribution in [0, 0.1) is 0 Å². The van der Waals surface area contributed by atoms with Crippen LogP contribution in [-0.4, -0.2) is 49.3 Å². The van der Waals surface area contributed by atoms with E-state index in [2.05, 4.69) is 12.2 Å². The second-order valence-corrected chi connectivity index (χ2v) is 14.7. The lowest BCUT2D eigenvalue weighted by molar-refractivity contribution is -0.159. The summed E-state index contributed by atoms with van der Waals surface area (Å²) in [7, 11) is -4.55. The third-order valence-electron chi connectivity index (χ3n) is 9.04. The average Bonchev–Trinajstić information content (AvgIpc) is 3.15. The number of unbranched alkanes of at least 4 members (excludes halogenated alkanes) is 12. The van der Waals surface area contributed by atoms with Gasteiger partial charge in [-0.1, -0.05) is 175 Å². The number of phosphoric acid groups is 1. The molecule has 0 heterocycles. The SMILES string of the molecule is CCCCCCCCCCCCCCCC(=O)OC[C@H](COP(=O)(O)OCCNC(c1ccccc1)(c1ccccc1)c1ccccc1)OC(C)=O. The molecule has 9 nitrogen and oxygen atoms in total. The van der Waals surface area contributed by atoms with Gasteiger partial charge in [0.05, 0.1) is 18.8 Å². The zero-order chi connectivity index (χ0) is 37.3. The Morgan fingerprint density at radius 2 is 1.12 bits per heavy atom. The summed E-state index contributed by atoms with van der Waals surface area (Å²) in [4.78, 5) is 34.5. The van der Waals surface area contributed by atoms with Gasteiger partial charge in [0, 0.05) is 19.9 Å². The molecule has 0 bridgehead atoms. The molecule has 0 aliphatic heterocycles. The minimum atomic E-state index is -4.55. The normalized spacial score (nSPS) is 13.3. The van der Waals surface area contributed by atoms with Crippen LogP contribution in [0.25, 0.3) is 0 Å². The number of esters is 2. The van der Waals surface area contributed by atoms with Crippen LogP contribution in [0.15, 0.2) is 91.0 Å². The molecule has 3 rings (SSSR count). The maximum Gasteiger partial charge on any atom is 0.472 e. The van der Waals surface area contributed by atoms with Crippen LogP contribution in [0.1, 0.15) is 120 Å². The molecule has 52 heavy (non-hydrogen) atoms. The highest BCUT2D eigenvalue weighted by Gasteiger charge is 2.36. The fourth-order valence-electron chi connectivity index (χ4n) is 6.38. The Labute approximate surface area is 311 Å². The molecule has 10 heteroatoms. The Kier molecular flexibility index (Phi) is 20.6. The molecule has 0 aliphatic carbocycles. The Morgan fingerprint density at radius 1 is 0.673 bits per heavy atom. The first-order chi connectivity index (χ1) is 25.3. The lowest BCUT2D eigenvalue weighted by Crippen LogP contribution is -2.46. The van der Waals surface area contributed by atoms with Crippen molar-refractivity contribution in [3.8, 4) is 0 Å². The highest BCUT2D eigenvalue weighted by atomic mass is 31.2. The molecule has 0 spiro atoms. The van der Waals surface area contributed by atoms with E-state index in [-0.39, 0.29) is 26.2 Å². The van der Waals surface area contributed by atoms with Gasteiger partial charge < -0.3 is 14.4 Å². The van der Waals surface area contributed by atoms with Crippen LogP contribution in [0.2, 0.25) is 0 Å². The molecule has 3 aromatic carbocycles. The third kappa shape index (κ3) is 16.1. The number of nitrogens with one attached hydrogen (secondary N) is 1. The summed E-state index contributed by atoms with van der Waals surface area (Å²) in [5, 5.41) is 3.58. The van der Waals surface area contributed by atoms with Crippen LogP contribution < -0.4 is 5.32 Å². The molecule has 0 saturated carbocycles. The van der Waals surface area contributed by atoms with Gasteiger partial charge in [0.15, 0.2) is 6.10 Å². The molecular formula is C42H60NO8P. The van der Waals surface area contributed by atoms with E-state index in [1.54, 1.807) is 0 Å². The van der Waals surface area contributed by atoms with Crippen molar-refractivity contribution in [1.29, 1.82) is 0 Å². The van der Waals surface area contributed by atoms with Gasteiger partial charge in [0.1, 0.15) is 6.61 Å². The smallest absolute Gasteiger partial charge is 0.462 e. The number of carbonyl (C=O) groups is 2. The largest absolute Gasteiger partial charge is 0.472 e. The summed E-state index contributed by atoms with van der Waals surface area (Å²) >= 11 is 0. The third-order valence-corrected chi connectivity index (χ3v) is 10.0. The van der Waals surface area contributed by atoms with Crippen LogP contribution in [-0.2, 0) is 38.2 Å². The van der Waals surface area contributed by atoms with E-state index in [9.17, 15) is 19.0 Å². The van der Waals surface area contributed by atoms with E-state index in [1.807, 2.05) is 91.0 Å². The van der Waals surface area contributed by atoms with Gasteiger partial charge in [-0.2, -0.15) is 0 Å². The number of carbonyl (C=O) groups excluding carboxylic acids is 2. The summed E-state index contributed by atoms with van der Waals surface area (Å²) in [6.07, 6.45) is 15.0. The van der Waals surface area contributed by atoms with Crippen molar-refractivity contribution in [2.45, 2.75) is 115 Å². The van der Waals surface area contributed by atoms with E-state index in [0.29, 0.717) is 0 Å². The van der Waals surface area contributed by atoms with E-state index in [4.69, 9.17) is 18.5 Å². The molecule has 0 aliphatic rings. The van der Waals surface area contributed by atoms with Crippen molar-refractivity contribution in [1.82, 2.24) is 5.32 Å². The predicted octanol–water partition coefficient (Wildman–Crippen LogP) is 9.66. The van der Waals surface area contributed by atoms with Gasteiger partial charge >= 0.3 is 19.8 Å². The Morgan fingerprint density at radius 3 is 1.56 bits per heavy atom. The molecule has 0 fully saturated rings. The highest BCUT2D eigenvalue weighted by molar-refractivity contribution is 7.47. The van der Waals surface area contributed by atoms with Crippen LogP contribution in [0.5, 0.6) is 0 Å². The topological polar surface area (TPSA) is 120 Å². The number of hydrogen-bond acceptors (Lipinski definition) is 8. The molecule has 0 saturated heterocycles. The maximum atomic E-state index is 12.9. The van der Waals surface area contributed by atoms with Gasteiger partial charge in [-0.05, 0) is 23.1 Å². The minimum absolute atomic E-state index is 0.158. The van der Waals surface area contributed by atoms with Crippen LogP contribution >= 0.6 is 7.82 Å². The Hall–Kier alpha value is -3.33. The van der Waals surface area contributed by atoms with Gasteiger partial charge in [0.2, 0.25) is 0 Å². The van der Waals surface area contributed by atoms with Crippen molar-refractivity contribution in [3.05, 3.63) is 108 Å². The monoisotopic (exact) mass is 737 g/mol. The molecule has 0 radical (unpaired) electrons. The van der Waals surface area contributed by atoms with Crippen molar-refractivity contribution in [2.75, 3.05) is 26.4 Å². The highest BCUT2D eigenvalue weighted by Crippen LogP contribution is 2.43. The molecule has 2 atom stereocenters. The average molecular weight is 738 g/mol. The fraction of sp³-hybridized carbons (Fsp3) is 0.524. The first-order valence-electron chi connectivity index (χ1n) is 19.1. The summed E-state index contributed by atoms with van der Waals surface area (Å²) in [6, 6.07) is 29.9. The number of rotatable bonds is 28. The van der Waals surface area contributed by atoms with E-state index >= 15 is 0 Å². The van der Waals surface area contributed by atoms with Gasteiger partial charge in [-0.25, -0.2) is 4.57 Å². The molecule has 0 aromatic heterocycles. The van der Waals surface area contributed by atoms with Crippen molar-refractivity contribution in [2.24, 2.45) is 0 Å². The van der Waals surface area contributed by atoms with Crippen LogP contribution in [0.3, 0.4) is 0 Å². The standard InChI is InChI=1S/C42H60NO8P/c1-3-4-5-6-7-8-9-10-11-12-13-14-24-31-41(45)48-34-40(51-36(2)44)35-50-52(46,47)49-33-32-43-42(37-25-18-15-19-26-37,38-27-20-16-21-28-38)39-29-22-17-23-30-39/h15-23,25-30,40,43H,3-14,24,31-35H2,1-2H3,(H,46,47)/t40-/m1/s1. The molecule has 2 N–H and O–H groups in total. The number of hydrogen-bond donors (Lipinski definition) is 2. The second kappa shape index (κ2) is 24.8. The van der Waals surface area contributed by atoms with E-state index in [0.717, 1.165) is 36.0 Å². The quantitative estimate of drug-likeness (QED) is 0.0325. The lowest BCUT2D eigenvalue weighted by Gasteiger charge is -2.37. The lowest BCUT2D eigenvalue weighted by atomic mass is 9.77. The summed E-state index contributed by atoms with van der Waals surface area (Å²) in [6.45, 7) is 2.72. The molecule has 286 valence electrons. The summed E-state index contributed by atoms with van der Waals surface area (Å²) in [5.41, 5.74) is 2.20. The minimum Gasteiger partial charge on any atom is -0.462 e. The van der Waals surface area contributed by atoms with Crippen molar-refractivity contribution in [3.63, 3.8) is 0 Å². The molecular weight excluding hydrogens is 677 g/mol. The fourth-order valence-corrected chi connectivity index (χ4v) is 7.13. The maximum absolute atomic E-state index is 12.9. The molecule has 3 aromatic rings. The summed E-state index contributed by atoms with van der Waals surface area (Å²) < 4.78 is 33.9. The zero-order valence-corrected chi connectivity index (χ0v) is 32.1.